The smallest absolute Gasteiger partial charge is 0.309 e. The van der Waals surface area contributed by atoms with Crippen molar-refractivity contribution in [3.05, 3.63) is 22.4 Å². The first-order chi connectivity index (χ1) is 10.6. The van der Waals surface area contributed by atoms with Crippen LogP contribution >= 0.6 is 11.3 Å². The molecular weight excluding hydrogens is 298 g/mol. The third-order valence-electron chi connectivity index (χ3n) is 4.15. The minimum atomic E-state index is -0.535. The Labute approximate surface area is 136 Å². The Morgan fingerprint density at radius 2 is 2.00 bits per heavy atom. The van der Waals surface area contributed by atoms with E-state index < -0.39 is 11.8 Å². The van der Waals surface area contributed by atoms with E-state index in [4.69, 9.17) is 0 Å². The lowest BCUT2D eigenvalue weighted by atomic mass is 9.95. The maximum Gasteiger partial charge on any atom is 0.309 e. The number of amides is 2. The van der Waals surface area contributed by atoms with Crippen LogP contribution in [-0.2, 0) is 9.59 Å². The predicted octanol–water partition coefficient (Wildman–Crippen LogP) is 1.92. The van der Waals surface area contributed by atoms with Crippen LogP contribution < -0.4 is 10.6 Å². The lowest BCUT2D eigenvalue weighted by Crippen LogP contribution is -2.46. The quantitative estimate of drug-likeness (QED) is 0.814. The summed E-state index contributed by atoms with van der Waals surface area (Å²) in [6, 6.07) is 2.29. The van der Waals surface area contributed by atoms with Crippen molar-refractivity contribution in [2.24, 2.45) is 0 Å². The van der Waals surface area contributed by atoms with Crippen LogP contribution in [0.5, 0.6) is 0 Å². The Morgan fingerprint density at radius 1 is 1.27 bits per heavy atom. The van der Waals surface area contributed by atoms with E-state index in [1.54, 1.807) is 11.3 Å². The van der Waals surface area contributed by atoms with Gasteiger partial charge in [0.1, 0.15) is 0 Å². The maximum absolute atomic E-state index is 12.0. The van der Waals surface area contributed by atoms with E-state index in [9.17, 15) is 9.59 Å². The summed E-state index contributed by atoms with van der Waals surface area (Å²) in [7, 11) is 3.94. The zero-order valence-corrected chi connectivity index (χ0v) is 14.1. The molecule has 0 saturated heterocycles. The molecule has 1 heterocycles. The summed E-state index contributed by atoms with van der Waals surface area (Å²) in [5.74, 6) is -1.04. The van der Waals surface area contributed by atoms with E-state index in [2.05, 4.69) is 16.0 Å². The molecule has 122 valence electrons. The molecule has 2 rings (SSSR count). The molecule has 0 aliphatic heterocycles. The molecular formula is C16H25N3O2S. The number of rotatable bonds is 5. The minimum absolute atomic E-state index is 0.0812. The van der Waals surface area contributed by atoms with Gasteiger partial charge in [-0.15, -0.1) is 0 Å². The zero-order valence-electron chi connectivity index (χ0n) is 13.3. The van der Waals surface area contributed by atoms with Crippen molar-refractivity contribution in [3.8, 4) is 0 Å². The van der Waals surface area contributed by atoms with Crippen LogP contribution in [0.25, 0.3) is 0 Å². The van der Waals surface area contributed by atoms with Gasteiger partial charge in [-0.1, -0.05) is 19.3 Å². The van der Waals surface area contributed by atoms with Gasteiger partial charge in [0.25, 0.3) is 0 Å². The van der Waals surface area contributed by atoms with Gasteiger partial charge in [0, 0.05) is 12.6 Å². The Morgan fingerprint density at radius 3 is 2.59 bits per heavy atom. The molecule has 1 fully saturated rings. The monoisotopic (exact) mass is 323 g/mol. The van der Waals surface area contributed by atoms with E-state index >= 15 is 0 Å². The second-order valence-corrected chi connectivity index (χ2v) is 6.83. The first kappa shape index (κ1) is 17.0. The zero-order chi connectivity index (χ0) is 15.9. The average Bonchev–Trinajstić information content (AvgIpc) is 3.02. The Kier molecular flexibility index (Phi) is 6.39. The van der Waals surface area contributed by atoms with Crippen LogP contribution in [0.2, 0.25) is 0 Å². The van der Waals surface area contributed by atoms with Crippen LogP contribution in [-0.4, -0.2) is 43.4 Å². The van der Waals surface area contributed by atoms with E-state index in [1.165, 1.54) is 6.42 Å². The van der Waals surface area contributed by atoms with E-state index in [1.807, 2.05) is 30.4 Å². The van der Waals surface area contributed by atoms with E-state index in [-0.39, 0.29) is 12.1 Å². The highest BCUT2D eigenvalue weighted by Crippen LogP contribution is 2.20. The van der Waals surface area contributed by atoms with Gasteiger partial charge < -0.3 is 15.5 Å². The molecule has 22 heavy (non-hydrogen) atoms. The molecule has 6 heteroatoms. The van der Waals surface area contributed by atoms with Gasteiger partial charge in [0.05, 0.1) is 6.04 Å². The van der Waals surface area contributed by atoms with Gasteiger partial charge in [-0.25, -0.2) is 0 Å². The number of likely N-dealkylation sites (N-methyl/N-ethyl adjacent to an activating group) is 1. The summed E-state index contributed by atoms with van der Waals surface area (Å²) in [5, 5.41) is 9.68. The Hall–Kier alpha value is -1.40. The van der Waals surface area contributed by atoms with Crippen molar-refractivity contribution >= 4 is 23.2 Å². The SMILES string of the molecule is CN(C)C(CNC(=O)C(=O)NC1CCCCC1)c1ccsc1. The second-order valence-electron chi connectivity index (χ2n) is 6.05. The number of carbonyl (C=O) groups is 2. The number of thiophene rings is 1. The number of nitrogens with one attached hydrogen (secondary N) is 2. The summed E-state index contributed by atoms with van der Waals surface area (Å²) >= 11 is 1.63. The van der Waals surface area contributed by atoms with Gasteiger partial charge in [-0.2, -0.15) is 11.3 Å². The normalized spacial score (nSPS) is 17.2. The number of hydrogen-bond donors (Lipinski definition) is 2. The van der Waals surface area contributed by atoms with Gasteiger partial charge in [0.15, 0.2) is 0 Å². The van der Waals surface area contributed by atoms with Crippen molar-refractivity contribution in [2.75, 3.05) is 20.6 Å². The first-order valence-corrected chi connectivity index (χ1v) is 8.79. The number of nitrogens with zero attached hydrogens (tertiary/aromatic N) is 1. The topological polar surface area (TPSA) is 61.4 Å². The van der Waals surface area contributed by atoms with Crippen LogP contribution in [0.3, 0.4) is 0 Å². The Bertz CT molecular complexity index is 482. The van der Waals surface area contributed by atoms with Crippen LogP contribution in [0.1, 0.15) is 43.7 Å². The average molecular weight is 323 g/mol. The molecule has 1 aromatic rings. The predicted molar refractivity (Wildman–Crippen MR) is 88.8 cm³/mol. The summed E-state index contributed by atoms with van der Waals surface area (Å²) < 4.78 is 0. The first-order valence-electron chi connectivity index (χ1n) is 7.85. The highest BCUT2D eigenvalue weighted by molar-refractivity contribution is 7.07. The molecule has 2 amide bonds. The van der Waals surface area contributed by atoms with Gasteiger partial charge in [-0.3, -0.25) is 9.59 Å². The molecule has 0 bridgehead atoms. The van der Waals surface area contributed by atoms with Crippen LogP contribution in [0, 0.1) is 0 Å². The van der Waals surface area contributed by atoms with Gasteiger partial charge >= 0.3 is 11.8 Å². The van der Waals surface area contributed by atoms with Crippen molar-refractivity contribution in [1.82, 2.24) is 15.5 Å². The van der Waals surface area contributed by atoms with E-state index in [0.29, 0.717) is 6.54 Å². The number of hydrogen-bond acceptors (Lipinski definition) is 4. The van der Waals surface area contributed by atoms with Crippen molar-refractivity contribution in [2.45, 2.75) is 44.2 Å². The molecule has 1 atom stereocenters. The largest absolute Gasteiger partial charge is 0.346 e. The van der Waals surface area contributed by atoms with Crippen LogP contribution in [0.15, 0.2) is 16.8 Å². The summed E-state index contributed by atoms with van der Waals surface area (Å²) in [4.78, 5) is 26.0. The van der Waals surface area contributed by atoms with Gasteiger partial charge in [0.2, 0.25) is 0 Å². The van der Waals surface area contributed by atoms with Crippen molar-refractivity contribution in [3.63, 3.8) is 0 Å². The molecule has 5 nitrogen and oxygen atoms in total. The molecule has 0 aromatic carbocycles. The maximum atomic E-state index is 12.0. The molecule has 1 aliphatic rings. The molecule has 2 N–H and O–H groups in total. The summed E-state index contributed by atoms with van der Waals surface area (Å²) in [5.41, 5.74) is 1.16. The molecule has 1 aliphatic carbocycles. The highest BCUT2D eigenvalue weighted by atomic mass is 32.1. The molecule has 1 aromatic heterocycles. The third kappa shape index (κ3) is 4.81. The minimum Gasteiger partial charge on any atom is -0.346 e. The summed E-state index contributed by atoms with van der Waals surface area (Å²) in [6.45, 7) is 0.431. The lowest BCUT2D eigenvalue weighted by molar-refractivity contribution is -0.139. The second kappa shape index (κ2) is 8.29. The van der Waals surface area contributed by atoms with Crippen molar-refractivity contribution < 1.29 is 9.59 Å². The fraction of sp³-hybridized carbons (Fsp3) is 0.625. The van der Waals surface area contributed by atoms with Crippen LogP contribution in [0.4, 0.5) is 0 Å². The fourth-order valence-corrected chi connectivity index (χ4v) is 3.54. The van der Waals surface area contributed by atoms with Gasteiger partial charge in [-0.05, 0) is 49.3 Å². The standard InChI is InChI=1S/C16H25N3O2S/c1-19(2)14(12-8-9-22-11-12)10-17-15(20)16(21)18-13-6-4-3-5-7-13/h8-9,11,13-14H,3-7,10H2,1-2H3,(H,17,20)(H,18,21). The number of carbonyl (C=O) groups excluding carboxylic acids is 2. The highest BCUT2D eigenvalue weighted by Gasteiger charge is 2.22. The Balaban J connectivity index is 1.81. The molecule has 0 spiro atoms. The molecule has 0 radical (unpaired) electrons. The molecule has 1 unspecified atom stereocenters. The fourth-order valence-electron chi connectivity index (χ4n) is 2.83. The third-order valence-corrected chi connectivity index (χ3v) is 4.86. The summed E-state index contributed by atoms with van der Waals surface area (Å²) in [6.07, 6.45) is 5.45. The van der Waals surface area contributed by atoms with Crippen molar-refractivity contribution in [1.29, 1.82) is 0 Å². The molecule has 1 saturated carbocycles. The lowest BCUT2D eigenvalue weighted by Gasteiger charge is -2.25. The van der Waals surface area contributed by atoms with E-state index in [0.717, 1.165) is 31.2 Å².